The molecule has 0 unspecified atom stereocenters. The Morgan fingerprint density at radius 1 is 0.960 bits per heavy atom. The van der Waals surface area contributed by atoms with Crippen LogP contribution in [0.1, 0.15) is 91.0 Å². The van der Waals surface area contributed by atoms with Crippen LogP contribution >= 0.6 is 11.3 Å². The third-order valence-corrected chi connectivity index (χ3v) is 10.0. The Hall–Kier alpha value is -4.44. The van der Waals surface area contributed by atoms with E-state index in [1.54, 1.807) is 0 Å². The van der Waals surface area contributed by atoms with Gasteiger partial charge in [0.1, 0.15) is 11.6 Å². The van der Waals surface area contributed by atoms with Crippen LogP contribution < -0.4 is 21.1 Å². The fraction of sp³-hybridized carbons (Fsp3) is 0.450. The van der Waals surface area contributed by atoms with E-state index in [0.717, 1.165) is 91.2 Å². The van der Waals surface area contributed by atoms with Crippen LogP contribution in [0.15, 0.2) is 82.2 Å². The zero-order valence-electron chi connectivity index (χ0n) is 30.2. The van der Waals surface area contributed by atoms with Gasteiger partial charge in [0.25, 0.3) is 0 Å². The summed E-state index contributed by atoms with van der Waals surface area (Å²) < 4.78 is 11.0. The van der Waals surface area contributed by atoms with E-state index in [2.05, 4.69) is 91.0 Å². The van der Waals surface area contributed by atoms with Gasteiger partial charge in [-0.3, -0.25) is 9.51 Å². The van der Waals surface area contributed by atoms with Crippen LogP contribution in [0.3, 0.4) is 0 Å². The Bertz CT molecular complexity index is 1840. The van der Waals surface area contributed by atoms with Crippen molar-refractivity contribution >= 4 is 22.3 Å². The highest BCUT2D eigenvalue weighted by Crippen LogP contribution is 2.40. The predicted molar refractivity (Wildman–Crippen MR) is 205 cm³/mol. The maximum Gasteiger partial charge on any atom is 0.438 e. The molecule has 0 saturated heterocycles. The number of H-pyrrole nitrogens is 1. The number of aromatic amines is 1. The minimum Gasteiger partial charge on any atom is -0.494 e. The van der Waals surface area contributed by atoms with Gasteiger partial charge in [-0.15, -0.1) is 0 Å². The highest BCUT2D eigenvalue weighted by molar-refractivity contribution is 7.19. The molecule has 2 aromatic carbocycles. The Kier molecular flexibility index (Phi) is 12.5. The van der Waals surface area contributed by atoms with Crippen LogP contribution in [0.5, 0.6) is 5.75 Å². The smallest absolute Gasteiger partial charge is 0.438 e. The van der Waals surface area contributed by atoms with Gasteiger partial charge in [-0.2, -0.15) is 0 Å². The molecule has 1 atom stereocenters. The van der Waals surface area contributed by atoms with E-state index < -0.39 is 5.76 Å². The van der Waals surface area contributed by atoms with Crippen molar-refractivity contribution in [2.24, 2.45) is 5.41 Å². The van der Waals surface area contributed by atoms with E-state index in [1.807, 2.05) is 36.5 Å². The number of aryl methyl sites for hydroxylation is 1. The van der Waals surface area contributed by atoms with Crippen LogP contribution in [0.2, 0.25) is 0 Å². The van der Waals surface area contributed by atoms with E-state index in [-0.39, 0.29) is 10.8 Å². The Labute approximate surface area is 300 Å². The lowest BCUT2D eigenvalue weighted by molar-refractivity contribution is 0.243. The van der Waals surface area contributed by atoms with E-state index in [9.17, 15) is 4.79 Å². The predicted octanol–water partition coefficient (Wildman–Crippen LogP) is 9.31. The van der Waals surface area contributed by atoms with E-state index >= 15 is 0 Å². The van der Waals surface area contributed by atoms with E-state index in [1.165, 1.54) is 16.9 Å². The van der Waals surface area contributed by atoms with Crippen molar-refractivity contribution in [3.05, 3.63) is 94.9 Å². The van der Waals surface area contributed by atoms with Gasteiger partial charge in [0.15, 0.2) is 11.0 Å². The van der Waals surface area contributed by atoms with E-state index in [4.69, 9.17) is 20.0 Å². The number of ether oxygens (including phenoxy) is 1. The van der Waals surface area contributed by atoms with Gasteiger partial charge in [-0.25, -0.2) is 14.8 Å². The molecular weight excluding hydrogens is 645 g/mol. The summed E-state index contributed by atoms with van der Waals surface area (Å²) in [5.41, 5.74) is 10.6. The van der Waals surface area contributed by atoms with Crippen molar-refractivity contribution in [2.75, 3.05) is 30.3 Å². The number of hydrogen-bond acceptors (Lipinski definition) is 9. The van der Waals surface area contributed by atoms with Crippen molar-refractivity contribution in [3.8, 4) is 27.4 Å². The van der Waals surface area contributed by atoms with Crippen LogP contribution in [-0.4, -0.2) is 39.8 Å². The molecule has 50 heavy (non-hydrogen) atoms. The number of nitrogens with two attached hydrogens (primary N) is 1. The molecule has 0 spiro atoms. The van der Waals surface area contributed by atoms with Gasteiger partial charge in [-0.1, -0.05) is 113 Å². The minimum atomic E-state index is -0.520. The maximum absolute atomic E-state index is 11.8. The van der Waals surface area contributed by atoms with Crippen molar-refractivity contribution in [1.82, 2.24) is 20.1 Å². The van der Waals surface area contributed by atoms with Crippen LogP contribution in [0, 0.1) is 5.41 Å². The quantitative estimate of drug-likeness (QED) is 0.0869. The Morgan fingerprint density at radius 3 is 2.50 bits per heavy atom. The summed E-state index contributed by atoms with van der Waals surface area (Å²) in [4.78, 5) is 27.5. The van der Waals surface area contributed by atoms with Crippen molar-refractivity contribution in [1.29, 1.82) is 0 Å². The summed E-state index contributed by atoms with van der Waals surface area (Å²) in [6.45, 7) is 13.2. The molecule has 0 fully saturated rings. The van der Waals surface area contributed by atoms with Gasteiger partial charge in [0.2, 0.25) is 0 Å². The summed E-state index contributed by atoms with van der Waals surface area (Å²) in [5.74, 6) is 1.86. The molecule has 3 heterocycles. The van der Waals surface area contributed by atoms with Crippen molar-refractivity contribution in [3.63, 3.8) is 0 Å². The molecule has 0 saturated carbocycles. The average molecular weight is 697 g/mol. The fourth-order valence-corrected chi connectivity index (χ4v) is 7.25. The normalized spacial score (nSPS) is 12.9. The maximum atomic E-state index is 11.8. The number of nitrogens with one attached hydrogen (secondary N) is 1. The number of benzene rings is 2. The standard InChI is InChI=1S/C40H52N6O3S/c1-6-22-40(5,36-44-38(47)49-45-36)28-46(33-21-12-13-24-42-33)25-14-8-7-9-16-29-17-10-11-20-32(29)34-35(50-37(41)43-34)30-18-15-19-31(27-30)48-26-23-39(2,3)4/h10-13,15,17-21,24,27H,6-9,14,16,22-23,25-26,28H2,1-5H3,(H2,41,43)(H,44,45,47)/t40-/m1/s1. The van der Waals surface area contributed by atoms with Crippen LogP contribution in [0.25, 0.3) is 21.7 Å². The number of anilines is 2. The monoisotopic (exact) mass is 696 g/mol. The first kappa shape index (κ1) is 36.8. The molecule has 0 bridgehead atoms. The van der Waals surface area contributed by atoms with Gasteiger partial charge in [0, 0.05) is 30.3 Å². The number of nitrogens with zero attached hydrogens (tertiary/aromatic N) is 4. The summed E-state index contributed by atoms with van der Waals surface area (Å²) in [5, 5.41) is 4.63. The van der Waals surface area contributed by atoms with Gasteiger partial charge >= 0.3 is 5.76 Å². The summed E-state index contributed by atoms with van der Waals surface area (Å²) in [7, 11) is 0. The molecule has 0 amide bonds. The summed E-state index contributed by atoms with van der Waals surface area (Å²) >= 11 is 1.52. The zero-order chi connectivity index (χ0) is 35.6. The van der Waals surface area contributed by atoms with Gasteiger partial charge in [-0.05, 0) is 72.9 Å². The SMILES string of the molecule is CCC[C@](C)(CN(CCCCCCc1ccccc1-c1nc(N)sc1-c1cccc(OCCC(C)(C)C)c1)c1ccccn1)c1noc(=O)[nH]1. The molecule has 3 aromatic heterocycles. The Balaban J connectivity index is 1.21. The Morgan fingerprint density at radius 2 is 1.76 bits per heavy atom. The molecule has 3 N–H and O–H groups in total. The summed E-state index contributed by atoms with van der Waals surface area (Å²) in [6.07, 6.45) is 9.88. The number of hydrogen-bond donors (Lipinski definition) is 2. The topological polar surface area (TPSA) is 123 Å². The molecule has 0 aliphatic heterocycles. The highest BCUT2D eigenvalue weighted by Gasteiger charge is 2.33. The molecule has 0 aliphatic carbocycles. The second-order valence-corrected chi connectivity index (χ2v) is 15.6. The van der Waals surface area contributed by atoms with Crippen molar-refractivity contribution < 1.29 is 9.26 Å². The average Bonchev–Trinajstić information content (AvgIpc) is 3.72. The fourth-order valence-electron chi connectivity index (χ4n) is 6.41. The lowest BCUT2D eigenvalue weighted by Gasteiger charge is -2.34. The number of pyridine rings is 1. The second kappa shape index (κ2) is 17.0. The molecule has 0 radical (unpaired) electrons. The van der Waals surface area contributed by atoms with Crippen molar-refractivity contribution in [2.45, 2.75) is 91.4 Å². The largest absolute Gasteiger partial charge is 0.494 e. The molecule has 10 heteroatoms. The van der Waals surface area contributed by atoms with Gasteiger partial charge < -0.3 is 15.4 Å². The number of thiazole rings is 1. The van der Waals surface area contributed by atoms with Gasteiger partial charge in [0.05, 0.1) is 17.2 Å². The number of nitrogen functional groups attached to an aromatic ring is 1. The zero-order valence-corrected chi connectivity index (χ0v) is 31.0. The number of aromatic nitrogens is 4. The second-order valence-electron chi connectivity index (χ2n) is 14.6. The molecule has 266 valence electrons. The molecule has 0 aliphatic rings. The third kappa shape index (κ3) is 10.1. The first-order valence-corrected chi connectivity index (χ1v) is 18.7. The minimum absolute atomic E-state index is 0.222. The number of unbranched alkanes of at least 4 members (excludes halogenated alkanes) is 3. The first-order chi connectivity index (χ1) is 24.0. The van der Waals surface area contributed by atoms with Crippen LogP contribution in [-0.2, 0) is 11.8 Å². The molecule has 9 nitrogen and oxygen atoms in total. The van der Waals surface area contributed by atoms with Crippen LogP contribution in [0.4, 0.5) is 10.9 Å². The first-order valence-electron chi connectivity index (χ1n) is 17.8. The lowest BCUT2D eigenvalue weighted by Crippen LogP contribution is -2.41. The summed E-state index contributed by atoms with van der Waals surface area (Å²) in [6, 6.07) is 22.8. The third-order valence-electron chi connectivity index (χ3n) is 9.08. The lowest BCUT2D eigenvalue weighted by atomic mass is 9.84. The molecule has 5 rings (SSSR count). The van der Waals surface area contributed by atoms with E-state index in [0.29, 0.717) is 24.1 Å². The highest BCUT2D eigenvalue weighted by atomic mass is 32.1. The molecular formula is C40H52N6O3S. The molecule has 5 aromatic rings. The number of rotatable bonds is 18.